The number of carbonyl (C=O) groups excluding carboxylic acids is 1. The monoisotopic (exact) mass is 309 g/mol. The van der Waals surface area contributed by atoms with Crippen LogP contribution in [0.5, 0.6) is 0 Å². The van der Waals surface area contributed by atoms with Gasteiger partial charge in [-0.2, -0.15) is 4.98 Å². The number of nitrogens with zero attached hydrogens (tertiary/aromatic N) is 3. The fourth-order valence-electron chi connectivity index (χ4n) is 1.98. The van der Waals surface area contributed by atoms with Gasteiger partial charge in [-0.25, -0.2) is 9.78 Å². The molecule has 0 spiro atoms. The summed E-state index contributed by atoms with van der Waals surface area (Å²) in [5, 5.41) is 3.02. The largest absolute Gasteiger partial charge is 0.460 e. The lowest BCUT2D eigenvalue weighted by Crippen LogP contribution is -2.23. The molecular weight excluding hydrogens is 290 g/mol. The van der Waals surface area contributed by atoms with Gasteiger partial charge in [0.2, 0.25) is 5.76 Å². The molecule has 6 nitrogen and oxygen atoms in total. The van der Waals surface area contributed by atoms with E-state index in [0.29, 0.717) is 24.9 Å². The molecule has 0 saturated heterocycles. The first-order valence-corrected chi connectivity index (χ1v) is 7.66. The fraction of sp³-hybridized carbons (Fsp3) is 0.500. The van der Waals surface area contributed by atoms with E-state index in [-0.39, 0.29) is 11.7 Å². The van der Waals surface area contributed by atoms with Crippen LogP contribution in [0.2, 0.25) is 0 Å². The lowest BCUT2D eigenvalue weighted by molar-refractivity contribution is 0.0489. The summed E-state index contributed by atoms with van der Waals surface area (Å²) >= 11 is 1.63. The SMILES string of the molecule is CCOC(=O)c1oc(N(C)CC(C)c2nccs2)nc1C. The van der Waals surface area contributed by atoms with Crippen LogP contribution in [-0.4, -0.2) is 36.1 Å². The van der Waals surface area contributed by atoms with Crippen LogP contribution < -0.4 is 4.90 Å². The molecule has 0 radical (unpaired) electrons. The Hall–Kier alpha value is -1.89. The number of thiazole rings is 1. The van der Waals surface area contributed by atoms with E-state index >= 15 is 0 Å². The van der Waals surface area contributed by atoms with E-state index in [9.17, 15) is 4.79 Å². The molecule has 0 amide bonds. The third kappa shape index (κ3) is 3.60. The summed E-state index contributed by atoms with van der Waals surface area (Å²) < 4.78 is 10.5. The molecule has 2 aromatic heterocycles. The Morgan fingerprint density at radius 3 is 2.95 bits per heavy atom. The Morgan fingerprint density at radius 2 is 2.33 bits per heavy atom. The first-order chi connectivity index (χ1) is 10.0. The molecule has 0 aliphatic heterocycles. The second-order valence-electron chi connectivity index (χ2n) is 4.78. The van der Waals surface area contributed by atoms with Crippen molar-refractivity contribution in [2.75, 3.05) is 25.1 Å². The lowest BCUT2D eigenvalue weighted by Gasteiger charge is -2.18. The van der Waals surface area contributed by atoms with Crippen LogP contribution in [0, 0.1) is 6.92 Å². The highest BCUT2D eigenvalue weighted by atomic mass is 32.1. The maximum absolute atomic E-state index is 11.7. The molecule has 0 aliphatic rings. The van der Waals surface area contributed by atoms with E-state index in [1.165, 1.54) is 0 Å². The summed E-state index contributed by atoms with van der Waals surface area (Å²) in [5.41, 5.74) is 0.539. The predicted octanol–water partition coefficient (Wildman–Crippen LogP) is 2.86. The van der Waals surface area contributed by atoms with Gasteiger partial charge in [-0.05, 0) is 13.8 Å². The maximum atomic E-state index is 11.7. The first-order valence-electron chi connectivity index (χ1n) is 6.78. The summed E-state index contributed by atoms with van der Waals surface area (Å²) in [6.07, 6.45) is 1.80. The Morgan fingerprint density at radius 1 is 1.57 bits per heavy atom. The van der Waals surface area contributed by atoms with Crippen LogP contribution in [0.1, 0.15) is 41.0 Å². The Labute approximate surface area is 127 Å². The number of likely N-dealkylation sites (N-methyl/N-ethyl adjacent to an activating group) is 1. The molecule has 0 N–H and O–H groups in total. The van der Waals surface area contributed by atoms with Crippen molar-refractivity contribution in [1.82, 2.24) is 9.97 Å². The standard InChI is InChI=1S/C14H19N3O3S/c1-5-19-13(18)11-10(3)16-14(20-11)17(4)8-9(2)12-15-6-7-21-12/h6-7,9H,5,8H2,1-4H3. The van der Waals surface area contributed by atoms with Crippen molar-refractivity contribution < 1.29 is 13.9 Å². The van der Waals surface area contributed by atoms with Gasteiger partial charge in [0.25, 0.3) is 6.01 Å². The van der Waals surface area contributed by atoms with Crippen molar-refractivity contribution in [2.45, 2.75) is 26.7 Å². The molecule has 1 unspecified atom stereocenters. The number of aryl methyl sites for hydroxylation is 1. The quantitative estimate of drug-likeness (QED) is 0.764. The van der Waals surface area contributed by atoms with Crippen molar-refractivity contribution in [3.63, 3.8) is 0 Å². The van der Waals surface area contributed by atoms with Crippen LogP contribution in [0.25, 0.3) is 0 Å². The van der Waals surface area contributed by atoms with Crippen molar-refractivity contribution in [3.8, 4) is 0 Å². The molecule has 1 atom stereocenters. The van der Waals surface area contributed by atoms with Crippen molar-refractivity contribution in [1.29, 1.82) is 0 Å². The summed E-state index contributed by atoms with van der Waals surface area (Å²) in [4.78, 5) is 22.2. The van der Waals surface area contributed by atoms with Gasteiger partial charge in [-0.3, -0.25) is 0 Å². The minimum absolute atomic E-state index is 0.167. The van der Waals surface area contributed by atoms with Crippen LogP contribution in [0.4, 0.5) is 6.01 Å². The van der Waals surface area contributed by atoms with E-state index in [1.807, 2.05) is 17.3 Å². The zero-order valence-corrected chi connectivity index (χ0v) is 13.4. The van der Waals surface area contributed by atoms with Crippen molar-refractivity contribution >= 4 is 23.3 Å². The third-order valence-electron chi connectivity index (χ3n) is 2.99. The van der Waals surface area contributed by atoms with E-state index in [4.69, 9.17) is 9.15 Å². The Bertz CT molecular complexity index is 595. The average molecular weight is 309 g/mol. The van der Waals surface area contributed by atoms with Gasteiger partial charge in [-0.15, -0.1) is 11.3 Å². The van der Waals surface area contributed by atoms with E-state index in [2.05, 4.69) is 16.9 Å². The maximum Gasteiger partial charge on any atom is 0.376 e. The number of rotatable bonds is 6. The molecule has 2 aromatic rings. The molecule has 0 saturated carbocycles. The second kappa shape index (κ2) is 6.71. The summed E-state index contributed by atoms with van der Waals surface area (Å²) in [7, 11) is 1.88. The average Bonchev–Trinajstić information content (AvgIpc) is 3.07. The number of carbonyl (C=O) groups is 1. The Kier molecular flexibility index (Phi) is 4.95. The highest BCUT2D eigenvalue weighted by Gasteiger charge is 2.21. The van der Waals surface area contributed by atoms with Gasteiger partial charge in [0.05, 0.1) is 17.3 Å². The first kappa shape index (κ1) is 15.5. The van der Waals surface area contributed by atoms with Gasteiger partial charge in [0.15, 0.2) is 0 Å². The lowest BCUT2D eigenvalue weighted by atomic mass is 10.2. The molecular formula is C14H19N3O3S. The third-order valence-corrected chi connectivity index (χ3v) is 4.00. The van der Waals surface area contributed by atoms with Crippen molar-refractivity contribution in [3.05, 3.63) is 28.0 Å². The van der Waals surface area contributed by atoms with Gasteiger partial charge in [-0.1, -0.05) is 6.92 Å². The van der Waals surface area contributed by atoms with Crippen LogP contribution >= 0.6 is 11.3 Å². The van der Waals surface area contributed by atoms with Gasteiger partial charge < -0.3 is 14.1 Å². The van der Waals surface area contributed by atoms with Crippen LogP contribution in [0.15, 0.2) is 16.0 Å². The van der Waals surface area contributed by atoms with E-state index in [0.717, 1.165) is 5.01 Å². The zero-order valence-electron chi connectivity index (χ0n) is 12.6. The minimum Gasteiger partial charge on any atom is -0.460 e. The number of aromatic nitrogens is 2. The van der Waals surface area contributed by atoms with Gasteiger partial charge >= 0.3 is 5.97 Å². The normalized spacial score (nSPS) is 12.2. The van der Waals surface area contributed by atoms with E-state index in [1.54, 1.807) is 31.4 Å². The molecule has 0 bridgehead atoms. The zero-order chi connectivity index (χ0) is 15.4. The molecule has 7 heteroatoms. The molecule has 114 valence electrons. The molecule has 0 aromatic carbocycles. The highest BCUT2D eigenvalue weighted by Crippen LogP contribution is 2.23. The van der Waals surface area contributed by atoms with Gasteiger partial charge in [0.1, 0.15) is 0 Å². The number of ether oxygens (including phenoxy) is 1. The Balaban J connectivity index is 2.07. The topological polar surface area (TPSA) is 68.5 Å². The summed E-state index contributed by atoms with van der Waals surface area (Å²) in [6.45, 7) is 6.60. The fourth-order valence-corrected chi connectivity index (χ4v) is 2.67. The van der Waals surface area contributed by atoms with Crippen LogP contribution in [0.3, 0.4) is 0 Å². The number of hydrogen-bond acceptors (Lipinski definition) is 7. The smallest absolute Gasteiger partial charge is 0.376 e. The molecule has 0 fully saturated rings. The van der Waals surface area contributed by atoms with E-state index < -0.39 is 5.97 Å². The second-order valence-corrected chi connectivity index (χ2v) is 5.71. The highest BCUT2D eigenvalue weighted by molar-refractivity contribution is 7.09. The number of oxazole rings is 1. The molecule has 2 heterocycles. The summed E-state index contributed by atoms with van der Waals surface area (Å²) in [6, 6.07) is 0.416. The number of esters is 1. The van der Waals surface area contributed by atoms with Crippen LogP contribution in [-0.2, 0) is 4.74 Å². The minimum atomic E-state index is -0.477. The molecule has 2 rings (SSSR count). The van der Waals surface area contributed by atoms with Gasteiger partial charge in [0, 0.05) is 31.1 Å². The van der Waals surface area contributed by atoms with Crippen molar-refractivity contribution in [2.24, 2.45) is 0 Å². The predicted molar refractivity (Wildman–Crippen MR) is 81.0 cm³/mol. The number of anilines is 1. The molecule has 0 aliphatic carbocycles. The summed E-state index contributed by atoms with van der Waals surface area (Å²) in [5.74, 6) is -0.0519. The number of hydrogen-bond donors (Lipinski definition) is 0. The molecule has 21 heavy (non-hydrogen) atoms.